The molecule has 0 saturated heterocycles. The van der Waals surface area contributed by atoms with E-state index in [2.05, 4.69) is 181 Å². The predicted molar refractivity (Wildman–Crippen MR) is 215 cm³/mol. The molecule has 230 valence electrons. The molecule has 0 spiro atoms. The maximum absolute atomic E-state index is 2.53. The van der Waals surface area contributed by atoms with Gasteiger partial charge in [-0.15, -0.1) is 22.7 Å². The summed E-state index contributed by atoms with van der Waals surface area (Å²) in [6.45, 7) is 0. The van der Waals surface area contributed by atoms with Gasteiger partial charge in [-0.3, -0.25) is 0 Å². The average molecular weight is 660 g/mol. The van der Waals surface area contributed by atoms with Gasteiger partial charge in [0.25, 0.3) is 0 Å². The van der Waals surface area contributed by atoms with Gasteiger partial charge in [-0.2, -0.15) is 0 Å². The summed E-state index contributed by atoms with van der Waals surface area (Å²) in [5.74, 6) is 0. The van der Waals surface area contributed by atoms with Crippen LogP contribution in [0.1, 0.15) is 0 Å². The highest BCUT2D eigenvalue weighted by atomic mass is 32.1. The van der Waals surface area contributed by atoms with Crippen molar-refractivity contribution < 1.29 is 0 Å². The summed E-state index contributed by atoms with van der Waals surface area (Å²) in [5, 5.41) is 7.68. The first-order valence-corrected chi connectivity index (χ1v) is 18.2. The van der Waals surface area contributed by atoms with E-state index in [1.54, 1.807) is 0 Å². The summed E-state index contributed by atoms with van der Waals surface area (Å²) >= 11 is 3.75. The van der Waals surface area contributed by atoms with E-state index in [0.29, 0.717) is 0 Å². The van der Waals surface area contributed by atoms with E-state index in [-0.39, 0.29) is 0 Å². The lowest BCUT2D eigenvalue weighted by molar-refractivity contribution is 1.30. The van der Waals surface area contributed by atoms with Crippen molar-refractivity contribution in [3.8, 4) is 22.3 Å². The maximum atomic E-state index is 2.53. The van der Waals surface area contributed by atoms with Crippen molar-refractivity contribution in [3.63, 3.8) is 0 Å². The molecule has 10 aromatic rings. The molecule has 2 heterocycles. The maximum Gasteiger partial charge on any atom is 0.0555 e. The molecule has 1 nitrogen and oxygen atoms in total. The average Bonchev–Trinajstić information content (AvgIpc) is 3.74. The van der Waals surface area contributed by atoms with Gasteiger partial charge in [0.15, 0.2) is 0 Å². The standard InChI is InChI=1S/C46H29NS2/c1-2-16-31-30(14-1)15-11-21-32(31)33-17-3-7-24-39(33)47(41-26-13-29-44-45(41)38-20-6-10-28-43(38)48-44)40-25-8-4-18-34(40)36-22-12-23-37-35-19-5-9-27-42(35)49-46(36)37/h1-29H. The summed E-state index contributed by atoms with van der Waals surface area (Å²) in [6, 6.07) is 64.4. The van der Waals surface area contributed by atoms with Gasteiger partial charge in [-0.25, -0.2) is 0 Å². The number of fused-ring (bicyclic) bond motifs is 7. The van der Waals surface area contributed by atoms with E-state index < -0.39 is 0 Å². The quantitative estimate of drug-likeness (QED) is 0.178. The van der Waals surface area contributed by atoms with Crippen LogP contribution in [0, 0.1) is 0 Å². The lowest BCUT2D eigenvalue weighted by atomic mass is 9.94. The lowest BCUT2D eigenvalue weighted by Gasteiger charge is -2.31. The molecule has 0 aliphatic heterocycles. The number of benzene rings is 8. The van der Waals surface area contributed by atoms with Crippen LogP contribution in [0.25, 0.3) is 73.4 Å². The largest absolute Gasteiger partial charge is 0.309 e. The second-order valence-corrected chi connectivity index (χ2v) is 14.6. The number of nitrogens with zero attached hydrogens (tertiary/aromatic N) is 1. The van der Waals surface area contributed by atoms with Crippen LogP contribution in [-0.4, -0.2) is 0 Å². The second-order valence-electron chi connectivity index (χ2n) is 12.4. The summed E-state index contributed by atoms with van der Waals surface area (Å²) in [6.07, 6.45) is 0. The zero-order valence-corrected chi connectivity index (χ0v) is 28.1. The molecule has 0 aliphatic rings. The molecule has 49 heavy (non-hydrogen) atoms. The Morgan fingerprint density at radius 2 is 0.796 bits per heavy atom. The van der Waals surface area contributed by atoms with Crippen LogP contribution in [0.2, 0.25) is 0 Å². The molecule has 0 bridgehead atoms. The van der Waals surface area contributed by atoms with Crippen molar-refractivity contribution in [2.45, 2.75) is 0 Å². The minimum Gasteiger partial charge on any atom is -0.309 e. The van der Waals surface area contributed by atoms with E-state index in [1.807, 2.05) is 22.7 Å². The predicted octanol–water partition coefficient (Wildman–Crippen LogP) is 14.4. The van der Waals surface area contributed by atoms with Crippen molar-refractivity contribution in [1.82, 2.24) is 0 Å². The zero-order valence-electron chi connectivity index (χ0n) is 26.5. The zero-order chi connectivity index (χ0) is 32.3. The minimum atomic E-state index is 1.15. The van der Waals surface area contributed by atoms with Crippen LogP contribution < -0.4 is 4.90 Å². The Hall–Kier alpha value is -5.74. The molecule has 0 fully saturated rings. The van der Waals surface area contributed by atoms with Crippen LogP contribution in [0.15, 0.2) is 176 Å². The molecule has 0 amide bonds. The summed E-state index contributed by atoms with van der Waals surface area (Å²) in [4.78, 5) is 2.53. The number of hydrogen-bond acceptors (Lipinski definition) is 3. The van der Waals surface area contributed by atoms with Gasteiger partial charge in [0.1, 0.15) is 0 Å². The molecule has 0 N–H and O–H groups in total. The van der Waals surface area contributed by atoms with E-state index in [0.717, 1.165) is 11.4 Å². The molecule has 3 heteroatoms. The van der Waals surface area contributed by atoms with Crippen LogP contribution in [0.4, 0.5) is 17.1 Å². The molecule has 0 saturated carbocycles. The van der Waals surface area contributed by atoms with E-state index >= 15 is 0 Å². The van der Waals surface area contributed by atoms with Gasteiger partial charge in [0, 0.05) is 57.0 Å². The summed E-state index contributed by atoms with van der Waals surface area (Å²) in [7, 11) is 0. The van der Waals surface area contributed by atoms with Crippen molar-refractivity contribution in [3.05, 3.63) is 176 Å². The molecule has 0 radical (unpaired) electrons. The number of anilines is 3. The molecule has 0 aliphatic carbocycles. The fourth-order valence-electron chi connectivity index (χ4n) is 7.54. The fourth-order valence-corrected chi connectivity index (χ4v) is 9.90. The molecule has 8 aromatic carbocycles. The number of hydrogen-bond donors (Lipinski definition) is 0. The van der Waals surface area contributed by atoms with Gasteiger partial charge < -0.3 is 4.90 Å². The van der Waals surface area contributed by atoms with Gasteiger partial charge in [0.05, 0.1) is 17.1 Å². The van der Waals surface area contributed by atoms with Crippen molar-refractivity contribution in [1.29, 1.82) is 0 Å². The molecule has 0 atom stereocenters. The van der Waals surface area contributed by atoms with E-state index in [4.69, 9.17) is 0 Å². The highest BCUT2D eigenvalue weighted by Gasteiger charge is 2.24. The third kappa shape index (κ3) is 4.51. The Morgan fingerprint density at radius 1 is 0.306 bits per heavy atom. The Bertz CT molecular complexity index is 2850. The normalized spacial score (nSPS) is 11.7. The van der Waals surface area contributed by atoms with Gasteiger partial charge in [-0.05, 0) is 52.7 Å². The monoisotopic (exact) mass is 659 g/mol. The second kappa shape index (κ2) is 11.5. The highest BCUT2D eigenvalue weighted by Crippen LogP contribution is 2.51. The van der Waals surface area contributed by atoms with Crippen LogP contribution in [0.5, 0.6) is 0 Å². The lowest BCUT2D eigenvalue weighted by Crippen LogP contribution is -2.13. The summed E-state index contributed by atoms with van der Waals surface area (Å²) in [5.41, 5.74) is 8.38. The van der Waals surface area contributed by atoms with Crippen LogP contribution in [-0.2, 0) is 0 Å². The summed E-state index contributed by atoms with van der Waals surface area (Å²) < 4.78 is 5.22. The Balaban J connectivity index is 1.31. The highest BCUT2D eigenvalue weighted by molar-refractivity contribution is 7.26. The van der Waals surface area contributed by atoms with Crippen LogP contribution >= 0.6 is 22.7 Å². The first-order valence-electron chi connectivity index (χ1n) is 16.6. The number of para-hydroxylation sites is 2. The van der Waals surface area contributed by atoms with Crippen LogP contribution in [0.3, 0.4) is 0 Å². The smallest absolute Gasteiger partial charge is 0.0555 e. The van der Waals surface area contributed by atoms with Crippen molar-refractivity contribution in [2.75, 3.05) is 4.90 Å². The van der Waals surface area contributed by atoms with E-state index in [1.165, 1.54) is 79.1 Å². The molecular weight excluding hydrogens is 631 g/mol. The molecule has 2 aromatic heterocycles. The molecular formula is C46H29NS2. The number of rotatable bonds is 5. The minimum absolute atomic E-state index is 1.15. The van der Waals surface area contributed by atoms with Gasteiger partial charge in [-0.1, -0.05) is 140 Å². The van der Waals surface area contributed by atoms with Gasteiger partial charge >= 0.3 is 0 Å². The Kier molecular flexibility index (Phi) is 6.61. The van der Waals surface area contributed by atoms with Crippen molar-refractivity contribution in [2.24, 2.45) is 0 Å². The Morgan fingerprint density at radius 3 is 1.61 bits per heavy atom. The fraction of sp³-hybridized carbons (Fsp3) is 0. The number of thiophene rings is 2. The first-order chi connectivity index (χ1) is 24.3. The molecule has 0 unspecified atom stereocenters. The molecule has 10 rings (SSSR count). The third-order valence-electron chi connectivity index (χ3n) is 9.69. The van der Waals surface area contributed by atoms with E-state index in [9.17, 15) is 0 Å². The van der Waals surface area contributed by atoms with Crippen molar-refractivity contribution >= 4 is 90.9 Å². The van der Waals surface area contributed by atoms with Gasteiger partial charge in [0.2, 0.25) is 0 Å². The third-order valence-corrected chi connectivity index (χ3v) is 12.0. The Labute approximate surface area is 292 Å². The topological polar surface area (TPSA) is 3.24 Å². The SMILES string of the molecule is c1ccc(N(c2ccccc2-c2cccc3c2sc2ccccc23)c2cccc3sc4ccccc4c23)c(-c2cccc3ccccc23)c1. The first kappa shape index (κ1) is 28.3.